The SMILES string of the molecule is CCCC(NC(=O)NCC(C)(C)CCO)c1ccc(F)cc1F. The highest BCUT2D eigenvalue weighted by Gasteiger charge is 2.21. The Hall–Kier alpha value is -1.69. The Morgan fingerprint density at radius 2 is 2.04 bits per heavy atom. The van der Waals surface area contributed by atoms with Crippen LogP contribution in [0.3, 0.4) is 0 Å². The van der Waals surface area contributed by atoms with Crippen molar-refractivity contribution in [3.63, 3.8) is 0 Å². The fourth-order valence-corrected chi connectivity index (χ4v) is 2.30. The minimum absolute atomic E-state index is 0.0511. The van der Waals surface area contributed by atoms with Gasteiger partial charge in [-0.2, -0.15) is 0 Å². The van der Waals surface area contributed by atoms with Gasteiger partial charge in [-0.05, 0) is 24.3 Å². The maximum absolute atomic E-state index is 13.9. The van der Waals surface area contributed by atoms with Crippen LogP contribution in [0.2, 0.25) is 0 Å². The van der Waals surface area contributed by atoms with Gasteiger partial charge in [-0.15, -0.1) is 0 Å². The average molecular weight is 328 g/mol. The van der Waals surface area contributed by atoms with Gasteiger partial charge >= 0.3 is 6.03 Å². The Labute approximate surface area is 136 Å². The van der Waals surface area contributed by atoms with Crippen molar-refractivity contribution in [3.8, 4) is 0 Å². The summed E-state index contributed by atoms with van der Waals surface area (Å²) in [6, 6.07) is 2.45. The third kappa shape index (κ3) is 6.52. The first-order valence-corrected chi connectivity index (χ1v) is 7.89. The molecule has 2 amide bonds. The molecule has 130 valence electrons. The van der Waals surface area contributed by atoms with E-state index in [4.69, 9.17) is 5.11 Å². The van der Waals surface area contributed by atoms with Gasteiger partial charge in [0.25, 0.3) is 0 Å². The average Bonchev–Trinajstić information content (AvgIpc) is 2.45. The second-order valence-corrected chi connectivity index (χ2v) is 6.47. The minimum atomic E-state index is -0.663. The first-order chi connectivity index (χ1) is 10.8. The second-order valence-electron chi connectivity index (χ2n) is 6.47. The van der Waals surface area contributed by atoms with Crippen LogP contribution < -0.4 is 10.6 Å². The van der Waals surface area contributed by atoms with Crippen LogP contribution in [0.5, 0.6) is 0 Å². The molecule has 1 aromatic carbocycles. The summed E-state index contributed by atoms with van der Waals surface area (Å²) in [5, 5.41) is 14.5. The van der Waals surface area contributed by atoms with E-state index in [1.165, 1.54) is 12.1 Å². The van der Waals surface area contributed by atoms with Crippen molar-refractivity contribution in [1.29, 1.82) is 0 Å². The quantitative estimate of drug-likeness (QED) is 0.684. The number of rotatable bonds is 8. The summed E-state index contributed by atoms with van der Waals surface area (Å²) in [6.07, 6.45) is 1.87. The highest BCUT2D eigenvalue weighted by atomic mass is 19.1. The van der Waals surface area contributed by atoms with Gasteiger partial charge in [-0.25, -0.2) is 13.6 Å². The number of hydrogen-bond donors (Lipinski definition) is 3. The Morgan fingerprint density at radius 3 is 2.61 bits per heavy atom. The van der Waals surface area contributed by atoms with E-state index in [-0.39, 0.29) is 17.6 Å². The zero-order chi connectivity index (χ0) is 17.5. The smallest absolute Gasteiger partial charge is 0.315 e. The van der Waals surface area contributed by atoms with E-state index >= 15 is 0 Å². The summed E-state index contributed by atoms with van der Waals surface area (Å²) in [5.74, 6) is -1.30. The lowest BCUT2D eigenvalue weighted by Gasteiger charge is -2.25. The molecule has 0 aliphatic heterocycles. The van der Waals surface area contributed by atoms with Crippen molar-refractivity contribution < 1.29 is 18.7 Å². The standard InChI is InChI=1S/C17H26F2N2O2/c1-4-5-15(13-7-6-12(18)10-14(13)19)21-16(23)20-11-17(2,3)8-9-22/h6-7,10,15,22H,4-5,8-9,11H2,1-3H3,(H2,20,21,23). The van der Waals surface area contributed by atoms with Crippen molar-refractivity contribution in [2.24, 2.45) is 5.41 Å². The van der Waals surface area contributed by atoms with Gasteiger partial charge in [0.1, 0.15) is 11.6 Å². The number of carbonyl (C=O) groups excluding carboxylic acids is 1. The molecule has 0 aliphatic rings. The molecular weight excluding hydrogens is 302 g/mol. The molecule has 0 saturated carbocycles. The molecule has 1 aromatic rings. The number of carbonyl (C=O) groups is 1. The molecule has 0 aromatic heterocycles. The molecule has 3 N–H and O–H groups in total. The van der Waals surface area contributed by atoms with Crippen LogP contribution in [0, 0.1) is 17.0 Å². The third-order valence-electron chi connectivity index (χ3n) is 3.74. The first kappa shape index (κ1) is 19.4. The van der Waals surface area contributed by atoms with Crippen LogP contribution in [0.15, 0.2) is 18.2 Å². The minimum Gasteiger partial charge on any atom is -0.396 e. The number of halogens is 2. The highest BCUT2D eigenvalue weighted by Crippen LogP contribution is 2.22. The van der Waals surface area contributed by atoms with Gasteiger partial charge in [-0.3, -0.25) is 0 Å². The van der Waals surface area contributed by atoms with E-state index in [0.29, 0.717) is 19.4 Å². The fourth-order valence-electron chi connectivity index (χ4n) is 2.30. The molecule has 0 bridgehead atoms. The van der Waals surface area contributed by atoms with Gasteiger partial charge in [0.2, 0.25) is 0 Å². The molecule has 0 aliphatic carbocycles. The fraction of sp³-hybridized carbons (Fsp3) is 0.588. The Balaban J connectivity index is 2.70. The van der Waals surface area contributed by atoms with E-state index in [1.807, 2.05) is 20.8 Å². The largest absolute Gasteiger partial charge is 0.396 e. The number of aliphatic hydroxyl groups is 1. The topological polar surface area (TPSA) is 61.4 Å². The van der Waals surface area contributed by atoms with Gasteiger partial charge < -0.3 is 15.7 Å². The summed E-state index contributed by atoms with van der Waals surface area (Å²) < 4.78 is 26.9. The lowest BCUT2D eigenvalue weighted by atomic mass is 9.90. The zero-order valence-corrected chi connectivity index (χ0v) is 14.0. The number of benzene rings is 1. The van der Waals surface area contributed by atoms with Crippen LogP contribution in [-0.4, -0.2) is 24.3 Å². The van der Waals surface area contributed by atoms with Crippen LogP contribution >= 0.6 is 0 Å². The van der Waals surface area contributed by atoms with Gasteiger partial charge in [0.15, 0.2) is 0 Å². The predicted octanol–water partition coefficient (Wildman–Crippen LogP) is 3.51. The summed E-state index contributed by atoms with van der Waals surface area (Å²) in [6.45, 7) is 6.25. The maximum Gasteiger partial charge on any atom is 0.315 e. The van der Waals surface area contributed by atoms with E-state index in [2.05, 4.69) is 10.6 Å². The number of urea groups is 1. The van der Waals surface area contributed by atoms with Gasteiger partial charge in [-0.1, -0.05) is 33.3 Å². The Kier molecular flexibility index (Phi) is 7.42. The molecule has 0 spiro atoms. The molecule has 1 atom stereocenters. The van der Waals surface area contributed by atoms with Crippen LogP contribution in [0.4, 0.5) is 13.6 Å². The molecule has 0 radical (unpaired) electrons. The summed E-state index contributed by atoms with van der Waals surface area (Å²) in [7, 11) is 0. The summed E-state index contributed by atoms with van der Waals surface area (Å²) in [5.41, 5.74) is 0.0472. The molecule has 6 heteroatoms. The maximum atomic E-state index is 13.9. The third-order valence-corrected chi connectivity index (χ3v) is 3.74. The van der Waals surface area contributed by atoms with E-state index in [9.17, 15) is 13.6 Å². The van der Waals surface area contributed by atoms with Crippen molar-refractivity contribution >= 4 is 6.03 Å². The number of hydrogen-bond acceptors (Lipinski definition) is 2. The van der Waals surface area contributed by atoms with E-state index in [1.54, 1.807) is 0 Å². The molecule has 0 saturated heterocycles. The Morgan fingerprint density at radius 1 is 1.35 bits per heavy atom. The lowest BCUT2D eigenvalue weighted by Crippen LogP contribution is -2.42. The van der Waals surface area contributed by atoms with E-state index in [0.717, 1.165) is 12.5 Å². The van der Waals surface area contributed by atoms with Crippen LogP contribution in [0.1, 0.15) is 51.6 Å². The van der Waals surface area contributed by atoms with Crippen molar-refractivity contribution in [2.75, 3.05) is 13.2 Å². The van der Waals surface area contributed by atoms with Crippen molar-refractivity contribution in [3.05, 3.63) is 35.4 Å². The van der Waals surface area contributed by atoms with E-state index < -0.39 is 23.7 Å². The van der Waals surface area contributed by atoms with Gasteiger partial charge in [0, 0.05) is 24.8 Å². The Bertz CT molecular complexity index is 521. The highest BCUT2D eigenvalue weighted by molar-refractivity contribution is 5.74. The normalized spacial score (nSPS) is 12.8. The number of aliphatic hydroxyl groups excluding tert-OH is 1. The molecule has 1 rings (SSSR count). The molecule has 1 unspecified atom stereocenters. The molecule has 4 nitrogen and oxygen atoms in total. The first-order valence-electron chi connectivity index (χ1n) is 7.89. The van der Waals surface area contributed by atoms with Crippen LogP contribution in [-0.2, 0) is 0 Å². The number of amides is 2. The molecule has 0 fully saturated rings. The van der Waals surface area contributed by atoms with Crippen molar-refractivity contribution in [1.82, 2.24) is 10.6 Å². The van der Waals surface area contributed by atoms with Gasteiger partial charge in [0.05, 0.1) is 6.04 Å². The second kappa shape index (κ2) is 8.82. The lowest BCUT2D eigenvalue weighted by molar-refractivity contribution is 0.200. The zero-order valence-electron chi connectivity index (χ0n) is 14.0. The molecule has 23 heavy (non-hydrogen) atoms. The van der Waals surface area contributed by atoms with Crippen LogP contribution in [0.25, 0.3) is 0 Å². The van der Waals surface area contributed by atoms with Crippen molar-refractivity contribution in [2.45, 2.75) is 46.1 Å². The molecular formula is C17H26F2N2O2. The number of nitrogens with one attached hydrogen (secondary N) is 2. The predicted molar refractivity (Wildman–Crippen MR) is 86.0 cm³/mol. The summed E-state index contributed by atoms with van der Waals surface area (Å²) in [4.78, 5) is 12.0. The summed E-state index contributed by atoms with van der Waals surface area (Å²) >= 11 is 0. The monoisotopic (exact) mass is 328 g/mol. The molecule has 0 heterocycles.